The van der Waals surface area contributed by atoms with Crippen LogP contribution in [0.5, 0.6) is 0 Å². The quantitative estimate of drug-likeness (QED) is 0.868. The van der Waals surface area contributed by atoms with E-state index in [-0.39, 0.29) is 0 Å². The Labute approximate surface area is 110 Å². The van der Waals surface area contributed by atoms with E-state index in [0.29, 0.717) is 12.1 Å². The highest BCUT2D eigenvalue weighted by molar-refractivity contribution is 5.09. The molecule has 3 rings (SSSR count). The van der Waals surface area contributed by atoms with Crippen molar-refractivity contribution < 1.29 is 4.42 Å². The standard InChI is InChI=1S/C16H25NO/c1-10-4-7-16(18-10)12(3)17-11(2)15-9-13-5-6-14(15)8-13/h4,7,11-15,17H,5-6,8-9H2,1-3H3. The van der Waals surface area contributed by atoms with E-state index in [2.05, 4.69) is 31.3 Å². The maximum atomic E-state index is 5.71. The van der Waals surface area contributed by atoms with Gasteiger partial charge in [0.1, 0.15) is 11.5 Å². The zero-order valence-electron chi connectivity index (χ0n) is 11.8. The minimum atomic E-state index is 0.327. The second kappa shape index (κ2) is 4.73. The molecule has 5 atom stereocenters. The first-order valence-electron chi connectivity index (χ1n) is 7.46. The molecule has 1 N–H and O–H groups in total. The van der Waals surface area contributed by atoms with Crippen LogP contribution in [-0.2, 0) is 0 Å². The van der Waals surface area contributed by atoms with Gasteiger partial charge >= 0.3 is 0 Å². The Kier molecular flexibility index (Phi) is 3.23. The number of hydrogen-bond donors (Lipinski definition) is 1. The minimum absolute atomic E-state index is 0.327. The van der Waals surface area contributed by atoms with E-state index in [9.17, 15) is 0 Å². The normalized spacial score (nSPS) is 33.8. The molecular formula is C16H25NO. The Bertz CT molecular complexity index is 411. The van der Waals surface area contributed by atoms with Gasteiger partial charge in [-0.3, -0.25) is 0 Å². The van der Waals surface area contributed by atoms with Crippen LogP contribution in [0.2, 0.25) is 0 Å². The lowest BCUT2D eigenvalue weighted by Crippen LogP contribution is -2.37. The van der Waals surface area contributed by atoms with E-state index in [1.54, 1.807) is 0 Å². The molecule has 0 aliphatic heterocycles. The van der Waals surface area contributed by atoms with Crippen molar-refractivity contribution in [2.45, 2.75) is 58.5 Å². The van der Waals surface area contributed by atoms with Crippen LogP contribution in [-0.4, -0.2) is 6.04 Å². The van der Waals surface area contributed by atoms with Gasteiger partial charge in [-0.2, -0.15) is 0 Å². The molecule has 2 saturated carbocycles. The fourth-order valence-corrected chi connectivity index (χ4v) is 4.19. The molecular weight excluding hydrogens is 222 g/mol. The zero-order chi connectivity index (χ0) is 12.7. The Hall–Kier alpha value is -0.760. The van der Waals surface area contributed by atoms with Crippen LogP contribution in [0, 0.1) is 24.7 Å². The van der Waals surface area contributed by atoms with Gasteiger partial charge in [-0.25, -0.2) is 0 Å². The largest absolute Gasteiger partial charge is 0.465 e. The van der Waals surface area contributed by atoms with Crippen LogP contribution in [0.25, 0.3) is 0 Å². The fraction of sp³-hybridized carbons (Fsp3) is 0.750. The average molecular weight is 247 g/mol. The first-order valence-corrected chi connectivity index (χ1v) is 7.46. The topological polar surface area (TPSA) is 25.2 Å². The van der Waals surface area contributed by atoms with Gasteiger partial charge in [0.25, 0.3) is 0 Å². The molecule has 2 heteroatoms. The number of nitrogens with one attached hydrogen (secondary N) is 1. The molecule has 0 saturated heterocycles. The molecule has 2 aliphatic rings. The zero-order valence-corrected chi connectivity index (χ0v) is 11.8. The molecule has 1 aromatic heterocycles. The lowest BCUT2D eigenvalue weighted by molar-refractivity contribution is 0.241. The molecule has 2 aliphatic carbocycles. The summed E-state index contributed by atoms with van der Waals surface area (Å²) in [4.78, 5) is 0. The van der Waals surface area contributed by atoms with Crippen molar-refractivity contribution in [2.75, 3.05) is 0 Å². The van der Waals surface area contributed by atoms with Gasteiger partial charge < -0.3 is 9.73 Å². The van der Waals surface area contributed by atoms with Gasteiger partial charge in [-0.1, -0.05) is 6.42 Å². The molecule has 2 nitrogen and oxygen atoms in total. The predicted molar refractivity (Wildman–Crippen MR) is 73.4 cm³/mol. The number of fused-ring (bicyclic) bond motifs is 2. The van der Waals surface area contributed by atoms with Crippen molar-refractivity contribution in [2.24, 2.45) is 17.8 Å². The second-order valence-electron chi connectivity index (χ2n) is 6.46. The molecule has 1 aromatic rings. The Balaban J connectivity index is 1.59. The molecule has 2 fully saturated rings. The van der Waals surface area contributed by atoms with Gasteiger partial charge in [0.15, 0.2) is 0 Å². The third kappa shape index (κ3) is 2.23. The molecule has 100 valence electrons. The highest BCUT2D eigenvalue weighted by atomic mass is 16.3. The van der Waals surface area contributed by atoms with Gasteiger partial charge in [0.2, 0.25) is 0 Å². The molecule has 0 radical (unpaired) electrons. The molecule has 0 aromatic carbocycles. The maximum Gasteiger partial charge on any atom is 0.120 e. The van der Waals surface area contributed by atoms with E-state index in [4.69, 9.17) is 4.42 Å². The number of rotatable bonds is 4. The highest BCUT2D eigenvalue weighted by Gasteiger charge is 2.41. The van der Waals surface area contributed by atoms with Gasteiger partial charge in [0.05, 0.1) is 6.04 Å². The maximum absolute atomic E-state index is 5.71. The number of hydrogen-bond acceptors (Lipinski definition) is 2. The molecule has 2 bridgehead atoms. The van der Waals surface area contributed by atoms with Crippen molar-refractivity contribution >= 4 is 0 Å². The molecule has 18 heavy (non-hydrogen) atoms. The summed E-state index contributed by atoms with van der Waals surface area (Å²) in [6.45, 7) is 6.58. The molecule has 0 amide bonds. The highest BCUT2D eigenvalue weighted by Crippen LogP contribution is 2.49. The minimum Gasteiger partial charge on any atom is -0.465 e. The van der Waals surface area contributed by atoms with Crippen LogP contribution >= 0.6 is 0 Å². The number of furan rings is 1. The Morgan fingerprint density at radius 3 is 2.61 bits per heavy atom. The Morgan fingerprint density at radius 2 is 2.06 bits per heavy atom. The SMILES string of the molecule is Cc1ccc(C(C)NC(C)C2CC3CCC2C3)o1. The van der Waals surface area contributed by atoms with Gasteiger partial charge in [-0.15, -0.1) is 0 Å². The second-order valence-corrected chi connectivity index (χ2v) is 6.46. The Morgan fingerprint density at radius 1 is 1.22 bits per heavy atom. The van der Waals surface area contributed by atoms with Gasteiger partial charge in [0, 0.05) is 6.04 Å². The number of aryl methyl sites for hydroxylation is 1. The van der Waals surface area contributed by atoms with E-state index in [1.807, 2.05) is 6.92 Å². The summed E-state index contributed by atoms with van der Waals surface area (Å²) < 4.78 is 5.71. The summed E-state index contributed by atoms with van der Waals surface area (Å²) in [5.74, 6) is 4.99. The molecule has 0 spiro atoms. The summed E-state index contributed by atoms with van der Waals surface area (Å²) in [5.41, 5.74) is 0. The lowest BCUT2D eigenvalue weighted by atomic mass is 9.83. The van der Waals surface area contributed by atoms with Crippen molar-refractivity contribution in [1.29, 1.82) is 0 Å². The summed E-state index contributed by atoms with van der Waals surface area (Å²) in [6.07, 6.45) is 5.89. The lowest BCUT2D eigenvalue weighted by Gasteiger charge is -2.30. The van der Waals surface area contributed by atoms with Crippen LogP contribution in [0.4, 0.5) is 0 Å². The van der Waals surface area contributed by atoms with E-state index in [1.165, 1.54) is 25.7 Å². The fourth-order valence-electron chi connectivity index (χ4n) is 4.19. The van der Waals surface area contributed by atoms with Crippen LogP contribution in [0.1, 0.15) is 57.1 Å². The van der Waals surface area contributed by atoms with E-state index in [0.717, 1.165) is 29.3 Å². The summed E-state index contributed by atoms with van der Waals surface area (Å²) in [7, 11) is 0. The van der Waals surface area contributed by atoms with E-state index < -0.39 is 0 Å². The summed E-state index contributed by atoms with van der Waals surface area (Å²) in [6, 6.07) is 5.09. The van der Waals surface area contributed by atoms with Crippen LogP contribution in [0.15, 0.2) is 16.5 Å². The van der Waals surface area contributed by atoms with E-state index >= 15 is 0 Å². The molecule has 1 heterocycles. The third-order valence-electron chi connectivity index (χ3n) is 5.14. The first kappa shape index (κ1) is 12.3. The monoisotopic (exact) mass is 247 g/mol. The smallest absolute Gasteiger partial charge is 0.120 e. The third-order valence-corrected chi connectivity index (χ3v) is 5.14. The summed E-state index contributed by atoms with van der Waals surface area (Å²) in [5, 5.41) is 3.74. The van der Waals surface area contributed by atoms with Crippen molar-refractivity contribution in [3.8, 4) is 0 Å². The summed E-state index contributed by atoms with van der Waals surface area (Å²) >= 11 is 0. The average Bonchev–Trinajstić information content (AvgIpc) is 3.03. The van der Waals surface area contributed by atoms with Crippen molar-refractivity contribution in [3.63, 3.8) is 0 Å². The van der Waals surface area contributed by atoms with Crippen molar-refractivity contribution in [3.05, 3.63) is 23.7 Å². The van der Waals surface area contributed by atoms with Crippen LogP contribution in [0.3, 0.4) is 0 Å². The van der Waals surface area contributed by atoms with Crippen LogP contribution < -0.4 is 5.32 Å². The molecule has 5 unspecified atom stereocenters. The first-order chi connectivity index (χ1) is 8.63. The van der Waals surface area contributed by atoms with Crippen molar-refractivity contribution in [1.82, 2.24) is 5.32 Å². The van der Waals surface area contributed by atoms with Gasteiger partial charge in [-0.05, 0) is 69.9 Å². The predicted octanol–water partition coefficient (Wildman–Crippen LogP) is 4.06.